The Morgan fingerprint density at radius 1 is 1.47 bits per heavy atom. The highest BCUT2D eigenvalue weighted by Gasteiger charge is 2.31. The third kappa shape index (κ3) is 3.36. The number of nitrogens with zero attached hydrogens (tertiary/aromatic N) is 1. The molecule has 0 heterocycles. The summed E-state index contributed by atoms with van der Waals surface area (Å²) in [6.07, 6.45) is 2.38. The number of aliphatic hydroxyl groups excluding tert-OH is 1. The normalized spacial score (nSPS) is 18.1. The highest BCUT2D eigenvalue weighted by molar-refractivity contribution is 6.32. The Labute approximate surface area is 122 Å². The fourth-order valence-corrected chi connectivity index (χ4v) is 2.34. The average molecular weight is 307 g/mol. The molecule has 0 unspecified atom stereocenters. The summed E-state index contributed by atoms with van der Waals surface area (Å²) in [6, 6.07) is 3.81. The summed E-state index contributed by atoms with van der Waals surface area (Å²) >= 11 is 5.73. The first-order chi connectivity index (χ1) is 8.50. The molecule has 0 saturated heterocycles. The number of aliphatic hydroxyl groups is 1. The van der Waals surface area contributed by atoms with Crippen LogP contribution in [-0.4, -0.2) is 16.1 Å². The predicted molar refractivity (Wildman–Crippen MR) is 75.6 cm³/mol. The van der Waals surface area contributed by atoms with Gasteiger partial charge < -0.3 is 10.8 Å². The first-order valence-corrected chi connectivity index (χ1v) is 6.26. The van der Waals surface area contributed by atoms with E-state index in [1.54, 1.807) is 6.07 Å². The summed E-state index contributed by atoms with van der Waals surface area (Å²) in [4.78, 5) is 10.2. The molecule has 0 radical (unpaired) electrons. The zero-order valence-electron chi connectivity index (χ0n) is 10.2. The smallest absolute Gasteiger partial charge is 0.288 e. The number of nitrogens with two attached hydrogens (primary N) is 1. The third-order valence-electron chi connectivity index (χ3n) is 3.55. The van der Waals surface area contributed by atoms with Crippen molar-refractivity contribution in [1.29, 1.82) is 0 Å². The molecule has 7 heteroatoms. The van der Waals surface area contributed by atoms with Crippen LogP contribution < -0.4 is 5.73 Å². The molecule has 1 fully saturated rings. The van der Waals surface area contributed by atoms with E-state index in [1.165, 1.54) is 12.1 Å². The van der Waals surface area contributed by atoms with Gasteiger partial charge in [-0.2, -0.15) is 0 Å². The summed E-state index contributed by atoms with van der Waals surface area (Å²) < 4.78 is 0. The Balaban J connectivity index is 0.00000180. The van der Waals surface area contributed by atoms with E-state index < -0.39 is 17.1 Å². The van der Waals surface area contributed by atoms with Gasteiger partial charge in [-0.05, 0) is 30.4 Å². The molecule has 0 aliphatic heterocycles. The van der Waals surface area contributed by atoms with E-state index in [2.05, 4.69) is 0 Å². The third-order valence-corrected chi connectivity index (χ3v) is 3.87. The summed E-state index contributed by atoms with van der Waals surface area (Å²) in [5, 5.41) is 20.9. The van der Waals surface area contributed by atoms with Gasteiger partial charge in [0.1, 0.15) is 5.02 Å². The van der Waals surface area contributed by atoms with E-state index >= 15 is 0 Å². The predicted octanol–water partition coefficient (Wildman–Crippen LogP) is 2.83. The number of rotatable bonds is 4. The number of nitro benzene ring substituents is 1. The van der Waals surface area contributed by atoms with Crippen LogP contribution in [0.1, 0.15) is 30.9 Å². The maximum atomic E-state index is 10.8. The van der Waals surface area contributed by atoms with Crippen molar-refractivity contribution in [2.75, 3.05) is 0 Å². The zero-order valence-corrected chi connectivity index (χ0v) is 11.7. The molecule has 0 bridgehead atoms. The van der Waals surface area contributed by atoms with E-state index in [4.69, 9.17) is 17.3 Å². The van der Waals surface area contributed by atoms with E-state index in [0.717, 1.165) is 19.3 Å². The Morgan fingerprint density at radius 2 is 2.11 bits per heavy atom. The average Bonchev–Trinajstić information content (AvgIpc) is 2.26. The molecule has 1 aliphatic rings. The van der Waals surface area contributed by atoms with Gasteiger partial charge in [0.15, 0.2) is 0 Å². The van der Waals surface area contributed by atoms with Gasteiger partial charge in [-0.3, -0.25) is 10.1 Å². The first-order valence-electron chi connectivity index (χ1n) is 5.88. The maximum absolute atomic E-state index is 10.8. The summed E-state index contributed by atoms with van der Waals surface area (Å²) in [6.45, 7) is 0. The Morgan fingerprint density at radius 3 is 2.58 bits per heavy atom. The number of hydrogen-bond donors (Lipinski definition) is 2. The quantitative estimate of drug-likeness (QED) is 0.661. The SMILES string of the molecule is Cl.N[C@H](c1ccc(Cl)c([N+](=O)[O-])c1)[C@@H](O)C1CCC1. The lowest BCUT2D eigenvalue weighted by atomic mass is 9.77. The van der Waals surface area contributed by atoms with Gasteiger partial charge in [0.25, 0.3) is 5.69 Å². The number of nitro groups is 1. The second-order valence-electron chi connectivity index (χ2n) is 4.68. The van der Waals surface area contributed by atoms with Crippen LogP contribution in [-0.2, 0) is 0 Å². The Kier molecular flexibility index (Phi) is 5.55. The van der Waals surface area contributed by atoms with Crippen molar-refractivity contribution in [2.24, 2.45) is 11.7 Å². The lowest BCUT2D eigenvalue weighted by Crippen LogP contribution is -2.36. The molecule has 19 heavy (non-hydrogen) atoms. The molecule has 1 aliphatic carbocycles. The molecule has 2 rings (SSSR count). The van der Waals surface area contributed by atoms with Crippen molar-refractivity contribution < 1.29 is 10.0 Å². The number of benzene rings is 1. The van der Waals surface area contributed by atoms with Gasteiger partial charge in [-0.15, -0.1) is 12.4 Å². The Hall–Kier alpha value is -0.880. The summed E-state index contributed by atoms with van der Waals surface area (Å²) in [5.41, 5.74) is 6.32. The van der Waals surface area contributed by atoms with Crippen molar-refractivity contribution >= 4 is 29.7 Å². The van der Waals surface area contributed by atoms with Crippen LogP contribution in [0.5, 0.6) is 0 Å². The summed E-state index contributed by atoms with van der Waals surface area (Å²) in [5.74, 6) is 0.203. The molecular formula is C12H16Cl2N2O3. The lowest BCUT2D eigenvalue weighted by Gasteiger charge is -2.33. The van der Waals surface area contributed by atoms with Gasteiger partial charge in [-0.25, -0.2) is 0 Å². The monoisotopic (exact) mass is 306 g/mol. The minimum atomic E-state index is -0.653. The van der Waals surface area contributed by atoms with Gasteiger partial charge >= 0.3 is 0 Å². The largest absolute Gasteiger partial charge is 0.391 e. The number of halogens is 2. The molecule has 2 atom stereocenters. The number of hydrogen-bond acceptors (Lipinski definition) is 4. The van der Waals surface area contributed by atoms with Crippen LogP contribution in [0.25, 0.3) is 0 Å². The van der Waals surface area contributed by atoms with Crippen molar-refractivity contribution in [3.8, 4) is 0 Å². The zero-order chi connectivity index (χ0) is 13.3. The first kappa shape index (κ1) is 16.2. The van der Waals surface area contributed by atoms with Crippen LogP contribution in [0.3, 0.4) is 0 Å². The van der Waals surface area contributed by atoms with Gasteiger partial charge in [-0.1, -0.05) is 24.1 Å². The Bertz CT molecular complexity index is 466. The van der Waals surface area contributed by atoms with E-state index in [1.807, 2.05) is 0 Å². The van der Waals surface area contributed by atoms with Gasteiger partial charge in [0.2, 0.25) is 0 Å². The van der Waals surface area contributed by atoms with Gasteiger partial charge in [0.05, 0.1) is 17.1 Å². The van der Waals surface area contributed by atoms with Gasteiger partial charge in [0, 0.05) is 6.07 Å². The lowest BCUT2D eigenvalue weighted by molar-refractivity contribution is -0.384. The maximum Gasteiger partial charge on any atom is 0.288 e. The molecule has 1 aromatic rings. The van der Waals surface area contributed by atoms with E-state index in [0.29, 0.717) is 5.56 Å². The highest BCUT2D eigenvalue weighted by atomic mass is 35.5. The molecule has 3 N–H and O–H groups in total. The molecule has 0 amide bonds. The van der Waals surface area contributed by atoms with Crippen LogP contribution in [0.2, 0.25) is 5.02 Å². The van der Waals surface area contributed by atoms with Crippen molar-refractivity contribution in [3.05, 3.63) is 38.9 Å². The molecule has 0 aromatic heterocycles. The summed E-state index contributed by atoms with van der Waals surface area (Å²) in [7, 11) is 0. The molecule has 106 valence electrons. The topological polar surface area (TPSA) is 89.4 Å². The molecule has 5 nitrogen and oxygen atoms in total. The van der Waals surface area contributed by atoms with Crippen LogP contribution in [0.15, 0.2) is 18.2 Å². The standard InChI is InChI=1S/C12H15ClN2O3.ClH/c13-9-5-4-8(6-10(9)15(17)18)11(14)12(16)7-2-1-3-7;/h4-7,11-12,16H,1-3,14H2;1H/t11-,12+;/m1./s1. The minimum absolute atomic E-state index is 0. The van der Waals surface area contributed by atoms with E-state index in [9.17, 15) is 15.2 Å². The molecule has 1 aromatic carbocycles. The van der Waals surface area contributed by atoms with Crippen LogP contribution in [0, 0.1) is 16.0 Å². The minimum Gasteiger partial charge on any atom is -0.391 e. The van der Waals surface area contributed by atoms with Crippen LogP contribution >= 0.6 is 24.0 Å². The molecular weight excluding hydrogens is 291 g/mol. The fraction of sp³-hybridized carbons (Fsp3) is 0.500. The second kappa shape index (κ2) is 6.52. The second-order valence-corrected chi connectivity index (χ2v) is 5.08. The highest BCUT2D eigenvalue weighted by Crippen LogP contribution is 2.35. The van der Waals surface area contributed by atoms with Crippen LogP contribution in [0.4, 0.5) is 5.69 Å². The molecule has 1 saturated carbocycles. The van der Waals surface area contributed by atoms with Crippen molar-refractivity contribution in [3.63, 3.8) is 0 Å². The van der Waals surface area contributed by atoms with Crippen molar-refractivity contribution in [1.82, 2.24) is 0 Å². The van der Waals surface area contributed by atoms with Crippen molar-refractivity contribution in [2.45, 2.75) is 31.4 Å². The van der Waals surface area contributed by atoms with E-state index in [-0.39, 0.29) is 29.0 Å². The fourth-order valence-electron chi connectivity index (χ4n) is 2.15. The molecule has 0 spiro atoms.